The monoisotopic (exact) mass is 492 g/mol. The Morgan fingerprint density at radius 1 is 1.03 bits per heavy atom. The van der Waals surface area contributed by atoms with Crippen molar-refractivity contribution in [3.63, 3.8) is 0 Å². The van der Waals surface area contributed by atoms with Gasteiger partial charge in [0.15, 0.2) is 0 Å². The van der Waals surface area contributed by atoms with Crippen molar-refractivity contribution >= 4 is 21.7 Å². The van der Waals surface area contributed by atoms with Crippen molar-refractivity contribution < 1.29 is 13.2 Å². The molecule has 2 aromatic carbocycles. The van der Waals surface area contributed by atoms with E-state index in [4.69, 9.17) is 4.74 Å². The molecule has 0 radical (unpaired) electrons. The van der Waals surface area contributed by atoms with Gasteiger partial charge in [0.2, 0.25) is 11.8 Å². The molecule has 2 atom stereocenters. The molecule has 0 amide bonds. The Balaban J connectivity index is 1.68. The van der Waals surface area contributed by atoms with Gasteiger partial charge in [0.1, 0.15) is 6.10 Å². The number of anilines is 2. The largest absolute Gasteiger partial charge is 0.472 e. The second-order valence-corrected chi connectivity index (χ2v) is 11.8. The number of benzene rings is 2. The summed E-state index contributed by atoms with van der Waals surface area (Å²) in [4.78, 5) is 9.29. The Labute approximate surface area is 207 Å². The van der Waals surface area contributed by atoms with Gasteiger partial charge in [-0.2, -0.15) is 4.98 Å². The Kier molecular flexibility index (Phi) is 6.17. The molecule has 7 nitrogen and oxygen atoms in total. The summed E-state index contributed by atoms with van der Waals surface area (Å²) in [5, 5.41) is 3.59. The number of rotatable bonds is 4. The average molecular weight is 493 g/mol. The van der Waals surface area contributed by atoms with Crippen LogP contribution in [0.15, 0.2) is 53.4 Å². The van der Waals surface area contributed by atoms with Crippen molar-refractivity contribution in [1.29, 1.82) is 0 Å². The van der Waals surface area contributed by atoms with Crippen LogP contribution >= 0.6 is 0 Å². The molecule has 2 heterocycles. The summed E-state index contributed by atoms with van der Waals surface area (Å²) in [6.07, 6.45) is 3.01. The number of aryl methyl sites for hydroxylation is 2. The zero-order valence-electron chi connectivity index (χ0n) is 20.6. The third kappa shape index (κ3) is 5.12. The Morgan fingerprint density at radius 3 is 2.43 bits per heavy atom. The maximum Gasteiger partial charge on any atom is 0.264 e. The molecule has 0 saturated heterocycles. The third-order valence-electron chi connectivity index (χ3n) is 6.63. The molecular formula is C27H32N4O3S. The molecule has 1 aromatic heterocycles. The quantitative estimate of drug-likeness (QED) is 0.495. The number of aromatic nitrogens is 2. The number of hydrogen-bond acceptors (Lipinski definition) is 6. The third-order valence-corrected chi connectivity index (χ3v) is 7.95. The molecule has 1 aliphatic heterocycles. The summed E-state index contributed by atoms with van der Waals surface area (Å²) in [6, 6.07) is 14.8. The van der Waals surface area contributed by atoms with E-state index in [1.54, 1.807) is 18.2 Å². The topological polar surface area (TPSA) is 93.2 Å². The van der Waals surface area contributed by atoms with E-state index in [1.165, 1.54) is 0 Å². The number of nitrogens with one attached hydrogen (secondary N) is 2. The lowest BCUT2D eigenvalue weighted by atomic mass is 9.95. The highest BCUT2D eigenvalue weighted by atomic mass is 32.2. The summed E-state index contributed by atoms with van der Waals surface area (Å²) in [6.45, 7) is 8.42. The first kappa shape index (κ1) is 23.6. The van der Waals surface area contributed by atoms with Gasteiger partial charge in [-0.1, -0.05) is 38.1 Å². The fourth-order valence-electron chi connectivity index (χ4n) is 4.88. The highest BCUT2D eigenvalue weighted by Crippen LogP contribution is 2.39. The molecule has 4 bridgehead atoms. The number of fused-ring (bicyclic) bond motifs is 4. The first-order valence-electron chi connectivity index (χ1n) is 12.2. The van der Waals surface area contributed by atoms with Gasteiger partial charge in [-0.3, -0.25) is 0 Å². The van der Waals surface area contributed by atoms with E-state index < -0.39 is 10.0 Å². The summed E-state index contributed by atoms with van der Waals surface area (Å²) in [7, 11) is -3.89. The van der Waals surface area contributed by atoms with E-state index >= 15 is 0 Å². The van der Waals surface area contributed by atoms with Crippen LogP contribution in [-0.2, 0) is 10.0 Å². The molecule has 1 saturated carbocycles. The highest BCUT2D eigenvalue weighted by molar-refractivity contribution is 7.92. The summed E-state index contributed by atoms with van der Waals surface area (Å²) in [5.41, 5.74) is 4.45. The van der Waals surface area contributed by atoms with Crippen LogP contribution in [0.2, 0.25) is 0 Å². The van der Waals surface area contributed by atoms with Gasteiger partial charge in [0, 0.05) is 17.3 Å². The SMILES string of the molecule is Cc1cccc(C)c1-c1cc2nc(n1)NS(=O)(=O)c1cccc(c1)N[C@H](CC(C)C)C(C1CC1)O2. The van der Waals surface area contributed by atoms with Gasteiger partial charge in [-0.05, 0) is 74.3 Å². The zero-order chi connectivity index (χ0) is 24.7. The highest BCUT2D eigenvalue weighted by Gasteiger charge is 2.39. The molecule has 2 aliphatic rings. The maximum absolute atomic E-state index is 13.3. The van der Waals surface area contributed by atoms with E-state index in [9.17, 15) is 8.42 Å². The Morgan fingerprint density at radius 2 is 1.74 bits per heavy atom. The van der Waals surface area contributed by atoms with E-state index in [2.05, 4.69) is 33.9 Å². The molecular weight excluding hydrogens is 460 g/mol. The summed E-state index contributed by atoms with van der Waals surface area (Å²) < 4.78 is 35.7. The molecule has 8 heteroatoms. The van der Waals surface area contributed by atoms with Gasteiger partial charge in [-0.25, -0.2) is 18.1 Å². The van der Waals surface area contributed by atoms with Crippen molar-refractivity contribution in [2.75, 3.05) is 10.0 Å². The molecule has 5 rings (SSSR count). The van der Waals surface area contributed by atoms with Crippen LogP contribution in [0.25, 0.3) is 11.3 Å². The second-order valence-electron chi connectivity index (χ2n) is 10.1. The molecule has 1 unspecified atom stereocenters. The first-order valence-corrected chi connectivity index (χ1v) is 13.7. The molecule has 184 valence electrons. The molecule has 1 aliphatic carbocycles. The van der Waals surface area contributed by atoms with E-state index in [-0.39, 0.29) is 23.0 Å². The first-order chi connectivity index (χ1) is 16.7. The molecule has 0 spiro atoms. The number of ether oxygens (including phenoxy) is 1. The van der Waals surface area contributed by atoms with Crippen LogP contribution in [0.3, 0.4) is 0 Å². The lowest BCUT2D eigenvalue weighted by Crippen LogP contribution is -2.41. The van der Waals surface area contributed by atoms with E-state index in [1.807, 2.05) is 44.2 Å². The lowest BCUT2D eigenvalue weighted by Gasteiger charge is -2.31. The van der Waals surface area contributed by atoms with Gasteiger partial charge in [-0.15, -0.1) is 0 Å². The molecule has 2 N–H and O–H groups in total. The number of hydrogen-bond donors (Lipinski definition) is 2. The fourth-order valence-corrected chi connectivity index (χ4v) is 5.87. The average Bonchev–Trinajstić information content (AvgIpc) is 3.61. The van der Waals surface area contributed by atoms with Gasteiger partial charge < -0.3 is 10.1 Å². The van der Waals surface area contributed by atoms with Crippen molar-refractivity contribution in [2.24, 2.45) is 11.8 Å². The van der Waals surface area contributed by atoms with Gasteiger partial charge >= 0.3 is 0 Å². The van der Waals surface area contributed by atoms with Crippen LogP contribution in [0.5, 0.6) is 5.88 Å². The number of nitrogens with zero attached hydrogens (tertiary/aromatic N) is 2. The minimum Gasteiger partial charge on any atom is -0.472 e. The summed E-state index contributed by atoms with van der Waals surface area (Å²) in [5.74, 6) is 1.25. The standard InChI is InChI=1S/C27H32N4O3S/c1-16(2)13-23-26(19-11-12-19)34-24-15-22(25-17(3)7-5-8-18(25)4)29-27(30-24)31-35(32,33)21-10-6-9-20(14-21)28-23/h5-10,14-16,19,23,26,28H,11-13H2,1-4H3,(H,29,30,31)/t23-,26?/m1/s1. The van der Waals surface area contributed by atoms with Crippen molar-refractivity contribution in [1.82, 2.24) is 9.97 Å². The maximum atomic E-state index is 13.3. The molecule has 3 aromatic rings. The Bertz CT molecular complexity index is 1330. The number of sulfonamides is 1. The Hall–Kier alpha value is -3.13. The van der Waals surface area contributed by atoms with Crippen LogP contribution in [0, 0.1) is 25.7 Å². The van der Waals surface area contributed by atoms with Crippen molar-refractivity contribution in [3.8, 4) is 17.1 Å². The second kappa shape index (κ2) is 9.15. The minimum atomic E-state index is -3.89. The molecule has 35 heavy (non-hydrogen) atoms. The van der Waals surface area contributed by atoms with E-state index in [0.29, 0.717) is 23.4 Å². The van der Waals surface area contributed by atoms with Gasteiger partial charge in [0.05, 0.1) is 16.6 Å². The lowest BCUT2D eigenvalue weighted by molar-refractivity contribution is 0.140. The smallest absolute Gasteiger partial charge is 0.264 e. The predicted molar refractivity (Wildman–Crippen MR) is 138 cm³/mol. The van der Waals surface area contributed by atoms with Crippen molar-refractivity contribution in [3.05, 3.63) is 59.7 Å². The summed E-state index contributed by atoms with van der Waals surface area (Å²) >= 11 is 0. The van der Waals surface area contributed by atoms with E-state index in [0.717, 1.165) is 41.6 Å². The van der Waals surface area contributed by atoms with Gasteiger partial charge in [0.25, 0.3) is 10.0 Å². The zero-order valence-corrected chi connectivity index (χ0v) is 21.4. The minimum absolute atomic E-state index is 0.00838. The normalized spacial score (nSPS) is 21.2. The van der Waals surface area contributed by atoms with Crippen LogP contribution in [0.1, 0.15) is 44.2 Å². The predicted octanol–water partition coefficient (Wildman–Crippen LogP) is 5.56. The fraction of sp³-hybridized carbons (Fsp3) is 0.407. The van der Waals surface area contributed by atoms with Crippen molar-refractivity contribution in [2.45, 2.75) is 64.0 Å². The van der Waals surface area contributed by atoms with Crippen LogP contribution < -0.4 is 14.8 Å². The van der Waals surface area contributed by atoms with Crippen LogP contribution in [-0.4, -0.2) is 30.5 Å². The van der Waals surface area contributed by atoms with Crippen LogP contribution in [0.4, 0.5) is 11.6 Å². The molecule has 1 fully saturated rings.